The molecule has 1 aliphatic carbocycles. The van der Waals surface area contributed by atoms with Gasteiger partial charge in [0.25, 0.3) is 0 Å². The van der Waals surface area contributed by atoms with Crippen molar-refractivity contribution in [1.29, 1.82) is 0 Å². The summed E-state index contributed by atoms with van der Waals surface area (Å²) in [6, 6.07) is 65.8. The highest BCUT2D eigenvalue weighted by atomic mass is 15.2. The maximum absolute atomic E-state index is 5.34. The van der Waals surface area contributed by atoms with Gasteiger partial charge in [0.05, 0.1) is 33.8 Å². The van der Waals surface area contributed by atoms with Crippen LogP contribution in [0.25, 0.3) is 95.3 Å². The summed E-state index contributed by atoms with van der Waals surface area (Å²) < 4.78 is 2.25. The third-order valence-electron chi connectivity index (χ3n) is 11.6. The Bertz CT molecular complexity index is 3060. The lowest BCUT2D eigenvalue weighted by Gasteiger charge is -2.21. The average Bonchev–Trinajstić information content (AvgIpc) is 3.73. The first-order valence-corrected chi connectivity index (χ1v) is 19.7. The molecule has 0 fully saturated rings. The second kappa shape index (κ2) is 13.3. The molecule has 0 radical (unpaired) electrons. The Hall–Kier alpha value is -7.50. The fraction of sp³-hybridized carbons (Fsp3) is 0.0566. The van der Waals surface area contributed by atoms with Crippen molar-refractivity contribution in [2.45, 2.75) is 19.3 Å². The summed E-state index contributed by atoms with van der Waals surface area (Å²) in [5.41, 5.74) is 15.6. The van der Waals surface area contributed by atoms with Crippen LogP contribution in [0.3, 0.4) is 0 Å². The number of aromatic nitrogens is 5. The molecule has 11 rings (SSSR count). The summed E-state index contributed by atoms with van der Waals surface area (Å²) in [5.74, 6) is 1.29. The van der Waals surface area contributed by atoms with E-state index in [1.54, 1.807) is 0 Å². The summed E-state index contributed by atoms with van der Waals surface area (Å²) in [4.78, 5) is 21.1. The van der Waals surface area contributed by atoms with E-state index in [9.17, 15) is 0 Å². The Kier molecular flexibility index (Phi) is 7.76. The predicted molar refractivity (Wildman–Crippen MR) is 237 cm³/mol. The molecule has 3 aromatic heterocycles. The third-order valence-corrected chi connectivity index (χ3v) is 11.6. The van der Waals surface area contributed by atoms with Crippen LogP contribution in [0.4, 0.5) is 0 Å². The molecule has 0 aliphatic heterocycles. The molecule has 10 aromatic rings. The Morgan fingerprint density at radius 2 is 0.828 bits per heavy atom. The van der Waals surface area contributed by atoms with Gasteiger partial charge in [-0.3, -0.25) is 4.57 Å². The van der Waals surface area contributed by atoms with E-state index in [4.69, 9.17) is 19.9 Å². The lowest BCUT2D eigenvalue weighted by atomic mass is 9.82. The van der Waals surface area contributed by atoms with Gasteiger partial charge in [0.1, 0.15) is 0 Å². The molecule has 0 bridgehead atoms. The van der Waals surface area contributed by atoms with Crippen LogP contribution in [-0.2, 0) is 5.41 Å². The fourth-order valence-corrected chi connectivity index (χ4v) is 8.71. The number of rotatable bonds is 6. The lowest BCUT2D eigenvalue weighted by molar-refractivity contribution is 0.661. The quantitative estimate of drug-likeness (QED) is 0.170. The van der Waals surface area contributed by atoms with Crippen molar-refractivity contribution in [2.75, 3.05) is 0 Å². The van der Waals surface area contributed by atoms with Crippen molar-refractivity contribution in [1.82, 2.24) is 24.5 Å². The van der Waals surface area contributed by atoms with Gasteiger partial charge in [0.2, 0.25) is 5.95 Å². The molecular weight excluding hydrogens is 707 g/mol. The van der Waals surface area contributed by atoms with Gasteiger partial charge in [-0.2, -0.15) is 0 Å². The van der Waals surface area contributed by atoms with E-state index in [-0.39, 0.29) is 5.41 Å². The molecule has 5 nitrogen and oxygen atoms in total. The Balaban J connectivity index is 1.20. The minimum atomic E-state index is -0.186. The highest BCUT2D eigenvalue weighted by molar-refractivity contribution is 6.12. The third kappa shape index (κ3) is 5.54. The van der Waals surface area contributed by atoms with Gasteiger partial charge in [0.15, 0.2) is 5.82 Å². The molecule has 1 aliphatic rings. The first-order chi connectivity index (χ1) is 28.5. The number of hydrogen-bond donors (Lipinski definition) is 0. The first-order valence-electron chi connectivity index (χ1n) is 19.7. The average molecular weight is 744 g/mol. The fourth-order valence-electron chi connectivity index (χ4n) is 8.71. The molecule has 5 heteroatoms. The second-order valence-corrected chi connectivity index (χ2v) is 15.5. The zero-order chi connectivity index (χ0) is 38.8. The van der Waals surface area contributed by atoms with Gasteiger partial charge in [-0.25, -0.2) is 19.9 Å². The number of fused-ring (bicyclic) bond motifs is 6. The number of hydrogen-bond acceptors (Lipinski definition) is 4. The molecule has 0 spiro atoms. The molecular formula is C53H37N5. The predicted octanol–water partition coefficient (Wildman–Crippen LogP) is 13.0. The molecule has 274 valence electrons. The molecule has 0 saturated heterocycles. The highest BCUT2D eigenvalue weighted by Crippen LogP contribution is 2.51. The van der Waals surface area contributed by atoms with Crippen molar-refractivity contribution in [3.05, 3.63) is 199 Å². The molecule has 0 N–H and O–H groups in total. The SMILES string of the molecule is CC1(C)c2ccccc2-c2cc3c4cc(-c5nc(-c6ccccc6)cc(-c6ccccc6)n5)ccc4n(-c4nc(-c5ccccc5)cc(-c5ccccc5)n4)c3cc21. The molecule has 58 heavy (non-hydrogen) atoms. The summed E-state index contributed by atoms with van der Waals surface area (Å²) in [6.07, 6.45) is 0. The van der Waals surface area contributed by atoms with Crippen LogP contribution in [0.1, 0.15) is 25.0 Å². The number of nitrogens with zero attached hydrogens (tertiary/aromatic N) is 5. The zero-order valence-electron chi connectivity index (χ0n) is 32.1. The van der Waals surface area contributed by atoms with E-state index in [0.717, 1.165) is 72.4 Å². The summed E-state index contributed by atoms with van der Waals surface area (Å²) >= 11 is 0. The van der Waals surface area contributed by atoms with Crippen molar-refractivity contribution in [2.24, 2.45) is 0 Å². The van der Waals surface area contributed by atoms with E-state index >= 15 is 0 Å². The Labute approximate surface area is 337 Å². The minimum Gasteiger partial charge on any atom is -0.278 e. The molecule has 7 aromatic carbocycles. The van der Waals surface area contributed by atoms with E-state index in [0.29, 0.717) is 11.8 Å². The van der Waals surface area contributed by atoms with Crippen molar-refractivity contribution in [3.63, 3.8) is 0 Å². The normalized spacial score (nSPS) is 12.8. The van der Waals surface area contributed by atoms with Crippen LogP contribution in [0.15, 0.2) is 188 Å². The lowest BCUT2D eigenvalue weighted by Crippen LogP contribution is -2.15. The van der Waals surface area contributed by atoms with Gasteiger partial charge in [-0.1, -0.05) is 159 Å². The van der Waals surface area contributed by atoms with Crippen LogP contribution in [0.5, 0.6) is 0 Å². The van der Waals surface area contributed by atoms with E-state index < -0.39 is 0 Å². The molecule has 0 saturated carbocycles. The standard InChI is InChI=1S/C53H37N5/c1-53(2)43-26-16-15-25-39(43)40-30-42-41-29-38(51-54-45(34-17-7-3-8-18-34)32-46(55-51)35-19-9-4-10-20-35)27-28-49(41)58(50(42)31-44(40)53)52-56-47(36-21-11-5-12-22-36)33-48(57-52)37-23-13-6-14-24-37/h3-33H,1-2H3. The van der Waals surface area contributed by atoms with E-state index in [2.05, 4.69) is 182 Å². The monoisotopic (exact) mass is 743 g/mol. The van der Waals surface area contributed by atoms with Gasteiger partial charge in [-0.05, 0) is 64.7 Å². The van der Waals surface area contributed by atoms with Crippen LogP contribution >= 0.6 is 0 Å². The van der Waals surface area contributed by atoms with E-state index in [1.165, 1.54) is 22.3 Å². The summed E-state index contributed by atoms with van der Waals surface area (Å²) in [6.45, 7) is 4.66. The largest absolute Gasteiger partial charge is 0.278 e. The maximum Gasteiger partial charge on any atom is 0.235 e. The molecule has 0 unspecified atom stereocenters. The Morgan fingerprint density at radius 3 is 1.36 bits per heavy atom. The molecule has 0 amide bonds. The van der Waals surface area contributed by atoms with Crippen LogP contribution in [0, 0.1) is 0 Å². The van der Waals surface area contributed by atoms with Crippen LogP contribution in [-0.4, -0.2) is 24.5 Å². The molecule has 0 atom stereocenters. The van der Waals surface area contributed by atoms with Crippen LogP contribution in [0.2, 0.25) is 0 Å². The van der Waals surface area contributed by atoms with Crippen LogP contribution < -0.4 is 0 Å². The van der Waals surface area contributed by atoms with Gasteiger partial charge in [0, 0.05) is 44.0 Å². The summed E-state index contributed by atoms with van der Waals surface area (Å²) in [5, 5.41) is 2.21. The smallest absolute Gasteiger partial charge is 0.235 e. The van der Waals surface area contributed by atoms with Gasteiger partial charge >= 0.3 is 0 Å². The Morgan fingerprint density at radius 1 is 0.362 bits per heavy atom. The number of benzene rings is 7. The van der Waals surface area contributed by atoms with Gasteiger partial charge < -0.3 is 0 Å². The zero-order valence-corrected chi connectivity index (χ0v) is 32.1. The van der Waals surface area contributed by atoms with Crippen molar-refractivity contribution < 1.29 is 0 Å². The highest BCUT2D eigenvalue weighted by Gasteiger charge is 2.36. The van der Waals surface area contributed by atoms with Crippen molar-refractivity contribution >= 4 is 21.8 Å². The maximum atomic E-state index is 5.34. The van der Waals surface area contributed by atoms with Gasteiger partial charge in [-0.15, -0.1) is 0 Å². The topological polar surface area (TPSA) is 56.5 Å². The summed E-state index contributed by atoms with van der Waals surface area (Å²) in [7, 11) is 0. The minimum absolute atomic E-state index is 0.186. The van der Waals surface area contributed by atoms with E-state index in [1.807, 2.05) is 24.3 Å². The first kappa shape index (κ1) is 33.8. The molecule has 3 heterocycles. The second-order valence-electron chi connectivity index (χ2n) is 15.5. The van der Waals surface area contributed by atoms with Crippen molar-refractivity contribution in [3.8, 4) is 73.5 Å².